The van der Waals surface area contributed by atoms with Crippen molar-refractivity contribution in [1.82, 2.24) is 19.9 Å². The van der Waals surface area contributed by atoms with E-state index < -0.39 is 5.60 Å². The number of likely N-dealkylation sites (tertiary alicyclic amines) is 1. The summed E-state index contributed by atoms with van der Waals surface area (Å²) in [7, 11) is 0. The van der Waals surface area contributed by atoms with Gasteiger partial charge in [0.1, 0.15) is 11.4 Å². The molecule has 1 aromatic heterocycles. The van der Waals surface area contributed by atoms with E-state index in [0.29, 0.717) is 32.7 Å². The van der Waals surface area contributed by atoms with Crippen molar-refractivity contribution < 1.29 is 14.6 Å². The number of aliphatic hydroxyl groups is 1. The van der Waals surface area contributed by atoms with Crippen molar-refractivity contribution in [2.45, 2.75) is 51.2 Å². The highest BCUT2D eigenvalue weighted by Crippen LogP contribution is 2.28. The van der Waals surface area contributed by atoms with Crippen molar-refractivity contribution in [3.63, 3.8) is 0 Å². The third-order valence-corrected chi connectivity index (χ3v) is 4.53. The van der Waals surface area contributed by atoms with Crippen molar-refractivity contribution in [2.75, 3.05) is 19.7 Å². The van der Waals surface area contributed by atoms with Crippen LogP contribution >= 0.6 is 0 Å². The summed E-state index contributed by atoms with van der Waals surface area (Å²) in [6, 6.07) is 0. The fourth-order valence-corrected chi connectivity index (χ4v) is 3.44. The van der Waals surface area contributed by atoms with Gasteiger partial charge >= 0.3 is 0 Å². The second-order valence-corrected chi connectivity index (χ2v) is 6.36. The van der Waals surface area contributed by atoms with Crippen LogP contribution < -0.4 is 0 Å². The molecule has 7 heteroatoms. The van der Waals surface area contributed by atoms with Gasteiger partial charge in [-0.05, 0) is 25.7 Å². The van der Waals surface area contributed by atoms with E-state index in [2.05, 4.69) is 10.3 Å². The minimum absolute atomic E-state index is 0.0123. The lowest BCUT2D eigenvalue weighted by Gasteiger charge is -2.39. The van der Waals surface area contributed by atoms with Crippen molar-refractivity contribution in [1.29, 1.82) is 0 Å². The normalized spacial score (nSPS) is 25.4. The first-order valence-electron chi connectivity index (χ1n) is 8.32. The Hall–Kier alpha value is -1.89. The van der Waals surface area contributed by atoms with Gasteiger partial charge < -0.3 is 14.7 Å². The van der Waals surface area contributed by atoms with Crippen molar-refractivity contribution in [3.05, 3.63) is 23.7 Å². The van der Waals surface area contributed by atoms with Gasteiger partial charge in [-0.1, -0.05) is 12.1 Å². The third kappa shape index (κ3) is 3.55. The molecule has 0 radical (unpaired) electrons. The molecule has 126 valence electrons. The SMILES string of the molecule is CCC1=C(C(=O)N2CCCC(O)(Cn3ccnn3)C2)CCCO1. The zero-order valence-electron chi connectivity index (χ0n) is 13.6. The molecule has 1 aromatic rings. The molecule has 3 rings (SSSR count). The number of ether oxygens (including phenoxy) is 1. The molecule has 1 atom stereocenters. The van der Waals surface area contributed by atoms with E-state index in [0.717, 1.165) is 37.0 Å². The number of aromatic nitrogens is 3. The van der Waals surface area contributed by atoms with Crippen LogP contribution in [0.3, 0.4) is 0 Å². The molecule has 2 aliphatic heterocycles. The summed E-state index contributed by atoms with van der Waals surface area (Å²) < 4.78 is 7.26. The van der Waals surface area contributed by atoms with Gasteiger partial charge in [0.05, 0.1) is 31.5 Å². The number of allylic oxidation sites excluding steroid dienone is 1. The zero-order chi connectivity index (χ0) is 16.3. The van der Waals surface area contributed by atoms with Crippen LogP contribution in [0.2, 0.25) is 0 Å². The number of β-amino-alcohol motifs (C(OH)–C–C–N with tert-alkyl or cyclic N) is 1. The summed E-state index contributed by atoms with van der Waals surface area (Å²) in [6.07, 6.45) is 7.14. The summed E-state index contributed by atoms with van der Waals surface area (Å²) in [5.41, 5.74) is -0.173. The average molecular weight is 320 g/mol. The van der Waals surface area contributed by atoms with Crippen molar-refractivity contribution in [3.8, 4) is 0 Å². The smallest absolute Gasteiger partial charge is 0.253 e. The standard InChI is InChI=1S/C16H24N4O3/c1-2-14-13(5-3-10-23-14)15(21)19-8-4-6-16(22,11-19)12-20-9-7-17-18-20/h7,9,22H,2-6,8,10-12H2,1H3. The molecule has 0 aromatic carbocycles. The van der Waals surface area contributed by atoms with Gasteiger partial charge in [-0.2, -0.15) is 0 Å². The third-order valence-electron chi connectivity index (χ3n) is 4.53. The number of carbonyl (C=O) groups excluding carboxylic acids is 1. The van der Waals surface area contributed by atoms with Crippen LogP contribution in [0, 0.1) is 0 Å². The van der Waals surface area contributed by atoms with Crippen LogP contribution in [0.25, 0.3) is 0 Å². The molecule has 0 bridgehead atoms. The predicted molar refractivity (Wildman–Crippen MR) is 83.3 cm³/mol. The molecule has 2 aliphatic rings. The topological polar surface area (TPSA) is 80.5 Å². The first kappa shape index (κ1) is 16.0. The minimum Gasteiger partial charge on any atom is -0.497 e. The van der Waals surface area contributed by atoms with E-state index in [4.69, 9.17) is 4.74 Å². The monoisotopic (exact) mass is 320 g/mol. The maximum Gasteiger partial charge on any atom is 0.253 e. The first-order valence-corrected chi connectivity index (χ1v) is 8.32. The molecular weight excluding hydrogens is 296 g/mol. The second-order valence-electron chi connectivity index (χ2n) is 6.36. The Morgan fingerprint density at radius 3 is 3.09 bits per heavy atom. The van der Waals surface area contributed by atoms with Crippen molar-refractivity contribution in [2.24, 2.45) is 0 Å². The van der Waals surface area contributed by atoms with Gasteiger partial charge in [-0.15, -0.1) is 5.10 Å². The number of rotatable bonds is 4. The van der Waals surface area contributed by atoms with Gasteiger partial charge in [-0.3, -0.25) is 4.79 Å². The van der Waals surface area contributed by atoms with Gasteiger partial charge in [0.25, 0.3) is 5.91 Å². The highest BCUT2D eigenvalue weighted by molar-refractivity contribution is 5.94. The predicted octanol–water partition coefficient (Wildman–Crippen LogP) is 1.11. The van der Waals surface area contributed by atoms with Crippen LogP contribution in [0.5, 0.6) is 0 Å². The van der Waals surface area contributed by atoms with Crippen LogP contribution in [-0.2, 0) is 16.1 Å². The Balaban J connectivity index is 1.72. The lowest BCUT2D eigenvalue weighted by Crippen LogP contribution is -2.53. The lowest BCUT2D eigenvalue weighted by molar-refractivity contribution is -0.135. The summed E-state index contributed by atoms with van der Waals surface area (Å²) in [6.45, 7) is 4.06. The van der Waals surface area contributed by atoms with E-state index in [1.54, 1.807) is 22.0 Å². The molecule has 1 N–H and O–H groups in total. The Bertz CT molecular complexity index is 584. The molecule has 1 amide bonds. The summed E-state index contributed by atoms with van der Waals surface area (Å²) in [4.78, 5) is 14.6. The molecule has 3 heterocycles. The van der Waals surface area contributed by atoms with E-state index in [1.807, 2.05) is 6.92 Å². The number of carbonyl (C=O) groups is 1. The van der Waals surface area contributed by atoms with E-state index in [-0.39, 0.29) is 5.91 Å². The molecule has 0 saturated carbocycles. The maximum absolute atomic E-state index is 12.9. The lowest BCUT2D eigenvalue weighted by atomic mass is 9.91. The number of hydrogen-bond donors (Lipinski definition) is 1. The zero-order valence-corrected chi connectivity index (χ0v) is 13.6. The number of nitrogens with zero attached hydrogens (tertiary/aromatic N) is 4. The molecule has 1 saturated heterocycles. The van der Waals surface area contributed by atoms with Gasteiger partial charge in [0.2, 0.25) is 0 Å². The molecule has 7 nitrogen and oxygen atoms in total. The van der Waals surface area contributed by atoms with Gasteiger partial charge in [-0.25, -0.2) is 4.68 Å². The number of amides is 1. The van der Waals surface area contributed by atoms with Crippen LogP contribution in [0.4, 0.5) is 0 Å². The summed E-state index contributed by atoms with van der Waals surface area (Å²) >= 11 is 0. The largest absolute Gasteiger partial charge is 0.497 e. The average Bonchev–Trinajstić information content (AvgIpc) is 3.06. The Morgan fingerprint density at radius 1 is 1.48 bits per heavy atom. The summed E-state index contributed by atoms with van der Waals surface area (Å²) in [5.74, 6) is 0.824. The fraction of sp³-hybridized carbons (Fsp3) is 0.688. The molecule has 23 heavy (non-hydrogen) atoms. The Labute approximate surface area is 135 Å². The molecule has 0 spiro atoms. The quantitative estimate of drug-likeness (QED) is 0.899. The molecule has 0 aliphatic carbocycles. The Morgan fingerprint density at radius 2 is 2.35 bits per heavy atom. The Kier molecular flexibility index (Phi) is 4.66. The van der Waals surface area contributed by atoms with Gasteiger partial charge in [0.15, 0.2) is 0 Å². The van der Waals surface area contributed by atoms with Crippen molar-refractivity contribution >= 4 is 5.91 Å². The van der Waals surface area contributed by atoms with E-state index in [1.165, 1.54) is 0 Å². The number of hydrogen-bond acceptors (Lipinski definition) is 5. The first-order chi connectivity index (χ1) is 11.1. The molecular formula is C16H24N4O3. The highest BCUT2D eigenvalue weighted by atomic mass is 16.5. The van der Waals surface area contributed by atoms with E-state index >= 15 is 0 Å². The van der Waals surface area contributed by atoms with Crippen LogP contribution in [0.15, 0.2) is 23.7 Å². The van der Waals surface area contributed by atoms with Crippen LogP contribution in [0.1, 0.15) is 39.0 Å². The van der Waals surface area contributed by atoms with Gasteiger partial charge in [0, 0.05) is 19.2 Å². The number of piperidine rings is 1. The van der Waals surface area contributed by atoms with Crippen LogP contribution in [-0.4, -0.2) is 56.2 Å². The summed E-state index contributed by atoms with van der Waals surface area (Å²) in [5, 5.41) is 18.5. The second kappa shape index (κ2) is 6.70. The molecule has 1 unspecified atom stereocenters. The highest BCUT2D eigenvalue weighted by Gasteiger charge is 2.37. The van der Waals surface area contributed by atoms with E-state index in [9.17, 15) is 9.90 Å². The minimum atomic E-state index is -0.954. The maximum atomic E-state index is 12.9. The molecule has 1 fully saturated rings. The fourth-order valence-electron chi connectivity index (χ4n) is 3.44.